The van der Waals surface area contributed by atoms with Gasteiger partial charge >= 0.3 is 8.25 Å². The maximum atomic E-state index is 10.9. The second kappa shape index (κ2) is 8.45. The fourth-order valence-electron chi connectivity index (χ4n) is 3.57. The van der Waals surface area contributed by atoms with Crippen LogP contribution in [0, 0.1) is 0 Å². The first kappa shape index (κ1) is 19.2. The first-order chi connectivity index (χ1) is 14.2. The molecule has 0 radical (unpaired) electrons. The fraction of sp³-hybridized carbons (Fsp3) is 0.0909. The van der Waals surface area contributed by atoms with Crippen molar-refractivity contribution in [3.05, 3.63) is 120 Å². The summed E-state index contributed by atoms with van der Waals surface area (Å²) in [7, 11) is -2.71. The molecule has 0 amide bonds. The lowest BCUT2D eigenvalue weighted by Gasteiger charge is -2.35. The molecular formula is C22H19N3O3P+. The van der Waals surface area contributed by atoms with Gasteiger partial charge in [0.25, 0.3) is 0 Å². The molecule has 1 heterocycles. The van der Waals surface area contributed by atoms with Gasteiger partial charge in [0.2, 0.25) is 0 Å². The molecule has 0 aliphatic heterocycles. The highest BCUT2D eigenvalue weighted by Gasteiger charge is 2.39. The van der Waals surface area contributed by atoms with E-state index in [-0.39, 0.29) is 6.61 Å². The highest BCUT2D eigenvalue weighted by Crippen LogP contribution is 2.40. The first-order valence-electron chi connectivity index (χ1n) is 9.08. The number of benzene rings is 3. The van der Waals surface area contributed by atoms with E-state index in [1.807, 2.05) is 54.6 Å². The molecular weight excluding hydrogens is 385 g/mol. The minimum atomic E-state index is -2.71. The van der Waals surface area contributed by atoms with E-state index in [1.54, 1.807) is 11.0 Å². The molecule has 6 nitrogen and oxygen atoms in total. The monoisotopic (exact) mass is 404 g/mol. The molecule has 4 rings (SSSR count). The van der Waals surface area contributed by atoms with Crippen molar-refractivity contribution < 1.29 is 14.0 Å². The second-order valence-corrected chi connectivity index (χ2v) is 7.16. The summed E-state index contributed by atoms with van der Waals surface area (Å²) >= 11 is 0. The normalized spacial score (nSPS) is 12.0. The Morgan fingerprint density at radius 2 is 1.28 bits per heavy atom. The molecule has 0 fully saturated rings. The topological polar surface area (TPSA) is 77.2 Å². The zero-order valence-corrected chi connectivity index (χ0v) is 16.4. The van der Waals surface area contributed by atoms with E-state index in [9.17, 15) is 4.57 Å². The van der Waals surface area contributed by atoms with Crippen molar-refractivity contribution in [1.82, 2.24) is 14.8 Å². The molecule has 7 heteroatoms. The van der Waals surface area contributed by atoms with Gasteiger partial charge in [0.15, 0.2) is 12.4 Å². The highest BCUT2D eigenvalue weighted by atomic mass is 31.1. The molecule has 0 aliphatic rings. The molecule has 29 heavy (non-hydrogen) atoms. The molecule has 144 valence electrons. The van der Waals surface area contributed by atoms with Gasteiger partial charge in [-0.25, -0.2) is 9.67 Å². The van der Waals surface area contributed by atoms with E-state index < -0.39 is 13.8 Å². The van der Waals surface area contributed by atoms with Gasteiger partial charge in [0, 0.05) is 4.57 Å². The molecule has 4 aromatic rings. The lowest BCUT2D eigenvalue weighted by atomic mass is 9.77. The van der Waals surface area contributed by atoms with E-state index in [4.69, 9.17) is 9.42 Å². The maximum absolute atomic E-state index is 10.9. The summed E-state index contributed by atoms with van der Waals surface area (Å²) < 4.78 is 17.5. The number of nitrogens with zero attached hydrogens (tertiary/aromatic N) is 3. The summed E-state index contributed by atoms with van der Waals surface area (Å²) in [5, 5.41) is 4.62. The van der Waals surface area contributed by atoms with Crippen LogP contribution >= 0.6 is 8.25 Å². The number of aromatic nitrogens is 3. The van der Waals surface area contributed by atoms with Crippen LogP contribution in [0.25, 0.3) is 0 Å². The Bertz CT molecular complexity index is 989. The lowest BCUT2D eigenvalue weighted by Crippen LogP contribution is -2.38. The predicted molar refractivity (Wildman–Crippen MR) is 109 cm³/mol. The number of hydrogen-bond donors (Lipinski definition) is 1. The minimum Gasteiger partial charge on any atom is -0.233 e. The van der Waals surface area contributed by atoms with Gasteiger partial charge in [0.1, 0.15) is 11.9 Å². The average Bonchev–Trinajstić information content (AvgIpc) is 3.24. The van der Waals surface area contributed by atoms with Gasteiger partial charge < -0.3 is 0 Å². The maximum Gasteiger partial charge on any atom is 0.695 e. The molecule has 1 atom stereocenters. The minimum absolute atomic E-state index is 0.146. The fourth-order valence-corrected chi connectivity index (χ4v) is 3.80. The van der Waals surface area contributed by atoms with Gasteiger partial charge in [-0.3, -0.25) is 0 Å². The van der Waals surface area contributed by atoms with Gasteiger partial charge in [-0.05, 0) is 16.7 Å². The van der Waals surface area contributed by atoms with Crippen LogP contribution in [0.1, 0.15) is 22.5 Å². The van der Waals surface area contributed by atoms with Crippen LogP contribution < -0.4 is 0 Å². The summed E-state index contributed by atoms with van der Waals surface area (Å²) in [6.45, 7) is -0.146. The van der Waals surface area contributed by atoms with E-state index in [0.717, 1.165) is 16.7 Å². The molecule has 1 unspecified atom stereocenters. The Morgan fingerprint density at radius 3 is 1.69 bits per heavy atom. The smallest absolute Gasteiger partial charge is 0.233 e. The molecule has 1 aromatic heterocycles. The third kappa shape index (κ3) is 3.74. The summed E-state index contributed by atoms with van der Waals surface area (Å²) in [5.41, 5.74) is 2.28. The molecule has 0 saturated carbocycles. The molecule has 0 saturated heterocycles. The van der Waals surface area contributed by atoms with Crippen molar-refractivity contribution >= 4 is 8.25 Å². The van der Waals surface area contributed by atoms with Crippen LogP contribution in [-0.4, -0.2) is 19.7 Å². The summed E-state index contributed by atoms with van der Waals surface area (Å²) in [5.74, 6) is 0.328. The first-order valence-corrected chi connectivity index (χ1v) is 10.2. The Kier molecular flexibility index (Phi) is 5.58. The van der Waals surface area contributed by atoms with Crippen molar-refractivity contribution in [3.8, 4) is 0 Å². The largest absolute Gasteiger partial charge is 0.695 e. The zero-order valence-electron chi connectivity index (χ0n) is 15.5. The van der Waals surface area contributed by atoms with E-state index in [1.165, 1.54) is 0 Å². The summed E-state index contributed by atoms with van der Waals surface area (Å²) in [6.07, 6.45) is 1.64. The third-order valence-corrected chi connectivity index (χ3v) is 5.11. The Hall–Kier alpha value is -3.18. The lowest BCUT2D eigenvalue weighted by molar-refractivity contribution is 0.263. The molecule has 1 N–H and O–H groups in total. The van der Waals surface area contributed by atoms with Crippen LogP contribution in [0.3, 0.4) is 0 Å². The van der Waals surface area contributed by atoms with Gasteiger partial charge in [0.05, 0.1) is 0 Å². The van der Waals surface area contributed by atoms with Crippen LogP contribution in [0.5, 0.6) is 0 Å². The Labute approximate surface area is 169 Å². The SMILES string of the molecule is O=[P+](O)OCc1ncn(C(c2ccccc2)(c2ccccc2)c2ccccc2)n1. The van der Waals surface area contributed by atoms with Gasteiger partial charge in [-0.15, -0.1) is 9.42 Å². The van der Waals surface area contributed by atoms with Crippen LogP contribution in [0.2, 0.25) is 0 Å². The van der Waals surface area contributed by atoms with Crippen molar-refractivity contribution in [2.75, 3.05) is 0 Å². The van der Waals surface area contributed by atoms with Crippen molar-refractivity contribution in [3.63, 3.8) is 0 Å². The van der Waals surface area contributed by atoms with Crippen LogP contribution in [0.15, 0.2) is 97.3 Å². The predicted octanol–water partition coefficient (Wildman–Crippen LogP) is 4.28. The van der Waals surface area contributed by atoms with Crippen LogP contribution in [0.4, 0.5) is 0 Å². The molecule has 0 bridgehead atoms. The van der Waals surface area contributed by atoms with E-state index in [2.05, 4.69) is 46.5 Å². The number of hydrogen-bond acceptors (Lipinski definition) is 4. The zero-order chi connectivity index (χ0) is 20.1. The Morgan fingerprint density at radius 1 is 0.828 bits per heavy atom. The van der Waals surface area contributed by atoms with Crippen molar-refractivity contribution in [2.24, 2.45) is 0 Å². The van der Waals surface area contributed by atoms with E-state index >= 15 is 0 Å². The summed E-state index contributed by atoms with van der Waals surface area (Å²) in [4.78, 5) is 13.3. The second-order valence-electron chi connectivity index (χ2n) is 6.43. The molecule has 0 spiro atoms. The average molecular weight is 404 g/mol. The quantitative estimate of drug-likeness (QED) is 0.367. The molecule has 3 aromatic carbocycles. The van der Waals surface area contributed by atoms with E-state index in [0.29, 0.717) is 5.82 Å². The number of rotatable bonds is 7. The van der Waals surface area contributed by atoms with Crippen LogP contribution in [-0.2, 0) is 21.2 Å². The van der Waals surface area contributed by atoms with Crippen molar-refractivity contribution in [1.29, 1.82) is 0 Å². The standard InChI is InChI=1S/C22H18N3O3P/c26-29(27)28-16-21-23-17-25(24-21)22(18-10-4-1-5-11-18,19-12-6-2-7-13-19)20-14-8-3-9-15-20/h1-15,17H,16H2/p+1. The Balaban J connectivity index is 1.97. The van der Waals surface area contributed by atoms with Gasteiger partial charge in [-0.2, -0.15) is 5.10 Å². The molecule has 0 aliphatic carbocycles. The van der Waals surface area contributed by atoms with Gasteiger partial charge in [-0.1, -0.05) is 91.0 Å². The summed E-state index contributed by atoms with van der Waals surface area (Å²) in [6, 6.07) is 30.2. The third-order valence-electron chi connectivity index (χ3n) is 4.76. The van der Waals surface area contributed by atoms with Crippen molar-refractivity contribution in [2.45, 2.75) is 12.1 Å². The highest BCUT2D eigenvalue weighted by molar-refractivity contribution is 7.32.